The number of nitrogens with zero attached hydrogens (tertiary/aromatic N) is 1. The second kappa shape index (κ2) is 7.19. The maximum absolute atomic E-state index is 11.9. The molecule has 7 heteroatoms. The SMILES string of the molecule is O=C(NCc1ccc(-c2ccc(Cl)cc2)cc1)c1ccc([N+](=O)[O-])o1. The average molecular weight is 357 g/mol. The van der Waals surface area contributed by atoms with Gasteiger partial charge in [0.15, 0.2) is 5.76 Å². The molecule has 0 saturated heterocycles. The summed E-state index contributed by atoms with van der Waals surface area (Å²) >= 11 is 5.88. The highest BCUT2D eigenvalue weighted by atomic mass is 35.5. The first-order chi connectivity index (χ1) is 12.0. The van der Waals surface area contributed by atoms with Crippen LogP contribution in [0.25, 0.3) is 11.1 Å². The van der Waals surface area contributed by atoms with E-state index in [9.17, 15) is 14.9 Å². The monoisotopic (exact) mass is 356 g/mol. The molecule has 6 nitrogen and oxygen atoms in total. The lowest BCUT2D eigenvalue weighted by atomic mass is 10.0. The van der Waals surface area contributed by atoms with Gasteiger partial charge in [-0.15, -0.1) is 0 Å². The fraction of sp³-hybridized carbons (Fsp3) is 0.0556. The number of nitrogens with one attached hydrogen (secondary N) is 1. The van der Waals surface area contributed by atoms with Crippen LogP contribution in [0.4, 0.5) is 5.88 Å². The van der Waals surface area contributed by atoms with Crippen LogP contribution < -0.4 is 5.32 Å². The fourth-order valence-corrected chi connectivity index (χ4v) is 2.40. The zero-order chi connectivity index (χ0) is 17.8. The van der Waals surface area contributed by atoms with Crippen LogP contribution in [0.1, 0.15) is 16.1 Å². The molecule has 0 bridgehead atoms. The van der Waals surface area contributed by atoms with Gasteiger partial charge in [-0.3, -0.25) is 14.9 Å². The molecule has 0 aliphatic heterocycles. The minimum absolute atomic E-state index is 0.0931. The summed E-state index contributed by atoms with van der Waals surface area (Å²) in [5.74, 6) is -1.06. The van der Waals surface area contributed by atoms with Crippen molar-refractivity contribution in [2.45, 2.75) is 6.54 Å². The van der Waals surface area contributed by atoms with Gasteiger partial charge in [-0.25, -0.2) is 0 Å². The molecule has 3 rings (SSSR count). The molecule has 2 aromatic carbocycles. The number of hydrogen-bond acceptors (Lipinski definition) is 4. The number of furan rings is 1. The highest BCUT2D eigenvalue weighted by Gasteiger charge is 2.16. The first-order valence-electron chi connectivity index (χ1n) is 7.40. The molecule has 1 N–H and O–H groups in total. The Balaban J connectivity index is 1.62. The van der Waals surface area contributed by atoms with Crippen molar-refractivity contribution in [2.24, 2.45) is 0 Å². The van der Waals surface area contributed by atoms with Gasteiger partial charge in [-0.05, 0) is 34.9 Å². The molecule has 0 saturated carbocycles. The molecular weight excluding hydrogens is 344 g/mol. The molecule has 1 heterocycles. The number of rotatable bonds is 5. The third kappa shape index (κ3) is 4.05. The molecule has 0 aliphatic rings. The van der Waals surface area contributed by atoms with Crippen LogP contribution in [0.5, 0.6) is 0 Å². The van der Waals surface area contributed by atoms with E-state index in [2.05, 4.69) is 5.32 Å². The van der Waals surface area contributed by atoms with Crippen molar-refractivity contribution in [3.8, 4) is 11.1 Å². The van der Waals surface area contributed by atoms with Gasteiger partial charge in [0, 0.05) is 11.6 Å². The lowest BCUT2D eigenvalue weighted by Gasteiger charge is -2.06. The Morgan fingerprint density at radius 2 is 1.60 bits per heavy atom. The third-order valence-corrected chi connectivity index (χ3v) is 3.83. The molecule has 1 aromatic heterocycles. The number of halogens is 1. The molecule has 0 radical (unpaired) electrons. The lowest BCUT2D eigenvalue weighted by molar-refractivity contribution is -0.402. The second-order valence-corrected chi connectivity index (χ2v) is 5.72. The predicted molar refractivity (Wildman–Crippen MR) is 93.4 cm³/mol. The Bertz CT molecular complexity index is 902. The maximum Gasteiger partial charge on any atom is 0.433 e. The van der Waals surface area contributed by atoms with Gasteiger partial charge in [-0.1, -0.05) is 48.0 Å². The van der Waals surface area contributed by atoms with E-state index in [4.69, 9.17) is 16.0 Å². The minimum Gasteiger partial charge on any atom is -0.395 e. The Morgan fingerprint density at radius 3 is 2.16 bits per heavy atom. The highest BCUT2D eigenvalue weighted by Crippen LogP contribution is 2.22. The average Bonchev–Trinajstić information content (AvgIpc) is 3.11. The van der Waals surface area contributed by atoms with Crippen LogP contribution in [-0.2, 0) is 6.54 Å². The second-order valence-electron chi connectivity index (χ2n) is 5.28. The molecule has 0 unspecified atom stereocenters. The lowest BCUT2D eigenvalue weighted by Crippen LogP contribution is -2.22. The Labute approximate surface area is 148 Å². The van der Waals surface area contributed by atoms with Gasteiger partial charge in [0.1, 0.15) is 4.92 Å². The minimum atomic E-state index is -0.688. The van der Waals surface area contributed by atoms with E-state index in [0.29, 0.717) is 5.02 Å². The zero-order valence-corrected chi connectivity index (χ0v) is 13.7. The van der Waals surface area contributed by atoms with Gasteiger partial charge in [0.2, 0.25) is 0 Å². The molecule has 25 heavy (non-hydrogen) atoms. The Kier molecular flexibility index (Phi) is 4.81. The first-order valence-corrected chi connectivity index (χ1v) is 7.78. The molecule has 3 aromatic rings. The number of amides is 1. The normalized spacial score (nSPS) is 10.4. The third-order valence-electron chi connectivity index (χ3n) is 3.58. The summed E-state index contributed by atoms with van der Waals surface area (Å²) in [5, 5.41) is 13.9. The topological polar surface area (TPSA) is 85.4 Å². The Hall–Kier alpha value is -3.12. The maximum atomic E-state index is 11.9. The summed E-state index contributed by atoms with van der Waals surface area (Å²) in [7, 11) is 0. The summed E-state index contributed by atoms with van der Waals surface area (Å²) in [6, 6.07) is 17.6. The van der Waals surface area contributed by atoms with Crippen LogP contribution in [0.2, 0.25) is 5.02 Å². The van der Waals surface area contributed by atoms with Crippen LogP contribution in [0, 0.1) is 10.1 Å². The van der Waals surface area contributed by atoms with E-state index in [1.54, 1.807) is 0 Å². The molecule has 0 spiro atoms. The summed E-state index contributed by atoms with van der Waals surface area (Å²) in [4.78, 5) is 21.8. The Morgan fingerprint density at radius 1 is 1.00 bits per heavy atom. The number of benzene rings is 2. The molecule has 0 fully saturated rings. The standard InChI is InChI=1S/C18H13ClN2O4/c19-15-7-5-14(6-8-15)13-3-1-12(2-4-13)11-20-18(22)16-9-10-17(25-16)21(23)24/h1-10H,11H2,(H,20,22). The van der Waals surface area contributed by atoms with E-state index in [-0.39, 0.29) is 12.3 Å². The van der Waals surface area contributed by atoms with Crippen LogP contribution in [0.3, 0.4) is 0 Å². The van der Waals surface area contributed by atoms with Crippen molar-refractivity contribution in [2.75, 3.05) is 0 Å². The summed E-state index contributed by atoms with van der Waals surface area (Å²) in [6.07, 6.45) is 0. The molecule has 0 aliphatic carbocycles. The number of nitro groups is 1. The van der Waals surface area contributed by atoms with Crippen molar-refractivity contribution < 1.29 is 14.1 Å². The zero-order valence-electron chi connectivity index (χ0n) is 12.9. The highest BCUT2D eigenvalue weighted by molar-refractivity contribution is 6.30. The van der Waals surface area contributed by atoms with Crippen molar-refractivity contribution in [1.29, 1.82) is 0 Å². The summed E-state index contributed by atoms with van der Waals surface area (Å²) in [5.41, 5.74) is 2.98. The van der Waals surface area contributed by atoms with Gasteiger partial charge >= 0.3 is 5.88 Å². The molecule has 1 amide bonds. The summed E-state index contributed by atoms with van der Waals surface area (Å²) < 4.78 is 4.86. The van der Waals surface area contributed by atoms with Crippen molar-refractivity contribution in [3.05, 3.63) is 87.1 Å². The quantitative estimate of drug-likeness (QED) is 0.541. The number of carbonyl (C=O) groups excluding carboxylic acids is 1. The van der Waals surface area contributed by atoms with Crippen LogP contribution in [0.15, 0.2) is 65.1 Å². The van der Waals surface area contributed by atoms with Crippen molar-refractivity contribution in [1.82, 2.24) is 5.32 Å². The van der Waals surface area contributed by atoms with Gasteiger partial charge in [-0.2, -0.15) is 0 Å². The van der Waals surface area contributed by atoms with Gasteiger partial charge in [0.05, 0.1) is 6.07 Å². The molecule has 0 atom stereocenters. The van der Waals surface area contributed by atoms with Gasteiger partial charge in [0.25, 0.3) is 5.91 Å². The van der Waals surface area contributed by atoms with Crippen molar-refractivity contribution >= 4 is 23.4 Å². The van der Waals surface area contributed by atoms with Crippen LogP contribution >= 0.6 is 11.6 Å². The number of hydrogen-bond donors (Lipinski definition) is 1. The van der Waals surface area contributed by atoms with E-state index in [1.165, 1.54) is 6.07 Å². The number of carbonyl (C=O) groups is 1. The largest absolute Gasteiger partial charge is 0.433 e. The van der Waals surface area contributed by atoms with E-state index in [1.807, 2.05) is 48.5 Å². The summed E-state index contributed by atoms with van der Waals surface area (Å²) in [6.45, 7) is 0.286. The van der Waals surface area contributed by atoms with Crippen LogP contribution in [-0.4, -0.2) is 10.8 Å². The predicted octanol–water partition coefficient (Wildman–Crippen LogP) is 4.44. The molecular formula is C18H13ClN2O4. The van der Waals surface area contributed by atoms with E-state index in [0.717, 1.165) is 22.8 Å². The van der Waals surface area contributed by atoms with Gasteiger partial charge < -0.3 is 9.73 Å². The fourth-order valence-electron chi connectivity index (χ4n) is 2.27. The smallest absolute Gasteiger partial charge is 0.395 e. The van der Waals surface area contributed by atoms with Crippen molar-refractivity contribution in [3.63, 3.8) is 0 Å². The molecule has 126 valence electrons. The first kappa shape index (κ1) is 16.7. The van der Waals surface area contributed by atoms with E-state index >= 15 is 0 Å². The van der Waals surface area contributed by atoms with E-state index < -0.39 is 16.7 Å².